The molecule has 4 rings (SSSR count). The van der Waals surface area contributed by atoms with Crippen LogP contribution in [0.5, 0.6) is 0 Å². The maximum Gasteiger partial charge on any atom is 0.227 e. The van der Waals surface area contributed by atoms with Gasteiger partial charge in [-0.15, -0.1) is 0 Å². The number of rotatable bonds is 3. The van der Waals surface area contributed by atoms with Gasteiger partial charge in [-0.05, 0) is 28.3 Å². The van der Waals surface area contributed by atoms with E-state index in [4.69, 9.17) is 0 Å². The molecule has 0 spiro atoms. The van der Waals surface area contributed by atoms with Crippen molar-refractivity contribution in [2.75, 3.05) is 6.54 Å². The minimum absolute atomic E-state index is 0.136. The quantitative estimate of drug-likeness (QED) is 0.740. The second kappa shape index (κ2) is 6.51. The fraction of sp³-hybridized carbons (Fsp3) is 0.250. The summed E-state index contributed by atoms with van der Waals surface area (Å²) in [5.41, 5.74) is 4.60. The lowest BCUT2D eigenvalue weighted by Gasteiger charge is -2.34. The van der Waals surface area contributed by atoms with Crippen LogP contribution >= 0.6 is 0 Å². The first kappa shape index (κ1) is 15.6. The highest BCUT2D eigenvalue weighted by atomic mass is 16.2. The Labute approximate surface area is 146 Å². The van der Waals surface area contributed by atoms with Gasteiger partial charge in [0, 0.05) is 44.6 Å². The average Bonchev–Trinajstić information content (AvgIpc) is 3.08. The van der Waals surface area contributed by atoms with E-state index in [1.807, 2.05) is 47.2 Å². The number of aromatic nitrogens is 3. The van der Waals surface area contributed by atoms with E-state index in [9.17, 15) is 4.79 Å². The molecule has 3 aromatic rings. The number of nitrogens with zero attached hydrogens (tertiary/aromatic N) is 4. The standard InChI is InChI=1S/C20H20N4O/c1-23-12-17(11-22-23)19-14-24(13-16-6-2-3-7-18(16)19)20(25)9-15-5-4-8-21-10-15/h2-8,10-12,19H,9,13-14H2,1H3/t19-/m1/s1. The van der Waals surface area contributed by atoms with Crippen molar-refractivity contribution in [3.05, 3.63) is 83.4 Å². The van der Waals surface area contributed by atoms with E-state index in [1.165, 1.54) is 11.1 Å². The van der Waals surface area contributed by atoms with Crippen LogP contribution in [0.25, 0.3) is 0 Å². The molecule has 5 nitrogen and oxygen atoms in total. The van der Waals surface area contributed by atoms with Crippen LogP contribution < -0.4 is 0 Å². The van der Waals surface area contributed by atoms with Crippen molar-refractivity contribution >= 4 is 5.91 Å². The van der Waals surface area contributed by atoms with Crippen molar-refractivity contribution in [3.63, 3.8) is 0 Å². The molecule has 0 fully saturated rings. The molecule has 0 saturated carbocycles. The van der Waals surface area contributed by atoms with Gasteiger partial charge in [-0.2, -0.15) is 5.10 Å². The van der Waals surface area contributed by atoms with Gasteiger partial charge < -0.3 is 4.90 Å². The van der Waals surface area contributed by atoms with Gasteiger partial charge in [0.05, 0.1) is 12.6 Å². The third kappa shape index (κ3) is 3.18. The first-order valence-corrected chi connectivity index (χ1v) is 8.44. The van der Waals surface area contributed by atoms with E-state index in [2.05, 4.69) is 28.3 Å². The molecule has 2 aromatic heterocycles. The summed E-state index contributed by atoms with van der Waals surface area (Å²) in [5.74, 6) is 0.299. The Morgan fingerprint density at radius 2 is 2.08 bits per heavy atom. The second-order valence-corrected chi connectivity index (χ2v) is 6.51. The monoisotopic (exact) mass is 332 g/mol. The van der Waals surface area contributed by atoms with Crippen molar-refractivity contribution in [1.82, 2.24) is 19.7 Å². The molecular formula is C20H20N4O. The summed E-state index contributed by atoms with van der Waals surface area (Å²) < 4.78 is 1.81. The Kier molecular flexibility index (Phi) is 4.06. The van der Waals surface area contributed by atoms with Gasteiger partial charge in [-0.25, -0.2) is 0 Å². The SMILES string of the molecule is Cn1cc([C@H]2CN(C(=O)Cc3cccnc3)Cc3ccccc32)cn1. The Morgan fingerprint density at radius 1 is 1.20 bits per heavy atom. The summed E-state index contributed by atoms with van der Waals surface area (Å²) in [6.45, 7) is 1.34. The summed E-state index contributed by atoms with van der Waals surface area (Å²) >= 11 is 0. The Morgan fingerprint density at radius 3 is 2.84 bits per heavy atom. The molecule has 3 heterocycles. The molecule has 25 heavy (non-hydrogen) atoms. The van der Waals surface area contributed by atoms with Gasteiger partial charge in [-0.3, -0.25) is 14.5 Å². The van der Waals surface area contributed by atoms with Crippen molar-refractivity contribution in [2.45, 2.75) is 18.9 Å². The molecule has 0 unspecified atom stereocenters. The highest BCUT2D eigenvalue weighted by molar-refractivity contribution is 5.79. The molecule has 1 amide bonds. The molecular weight excluding hydrogens is 312 g/mol. The maximum absolute atomic E-state index is 12.8. The number of pyridine rings is 1. The number of fused-ring (bicyclic) bond motifs is 1. The van der Waals surface area contributed by atoms with Crippen molar-refractivity contribution < 1.29 is 4.79 Å². The maximum atomic E-state index is 12.8. The van der Waals surface area contributed by atoms with Gasteiger partial charge in [0.2, 0.25) is 5.91 Å². The van der Waals surface area contributed by atoms with Crippen LogP contribution in [0, 0.1) is 0 Å². The van der Waals surface area contributed by atoms with Crippen LogP contribution in [-0.4, -0.2) is 32.1 Å². The molecule has 0 saturated heterocycles. The minimum atomic E-state index is 0.136. The zero-order chi connectivity index (χ0) is 17.2. The van der Waals surface area contributed by atoms with E-state index >= 15 is 0 Å². The summed E-state index contributed by atoms with van der Waals surface area (Å²) in [6.07, 6.45) is 7.81. The van der Waals surface area contributed by atoms with E-state index < -0.39 is 0 Å². The lowest BCUT2D eigenvalue weighted by Crippen LogP contribution is -2.39. The molecule has 0 N–H and O–H groups in total. The molecule has 1 aromatic carbocycles. The number of carbonyl (C=O) groups excluding carboxylic acids is 1. The van der Waals surface area contributed by atoms with Gasteiger partial charge in [0.25, 0.3) is 0 Å². The van der Waals surface area contributed by atoms with Crippen LogP contribution in [0.1, 0.15) is 28.2 Å². The Balaban J connectivity index is 1.62. The van der Waals surface area contributed by atoms with Crippen LogP contribution in [0.2, 0.25) is 0 Å². The first-order valence-electron chi connectivity index (χ1n) is 8.44. The molecule has 1 aliphatic rings. The van der Waals surface area contributed by atoms with Crippen LogP contribution in [0.4, 0.5) is 0 Å². The third-order valence-electron chi connectivity index (χ3n) is 4.75. The smallest absolute Gasteiger partial charge is 0.227 e. The highest BCUT2D eigenvalue weighted by Gasteiger charge is 2.29. The largest absolute Gasteiger partial charge is 0.337 e. The van der Waals surface area contributed by atoms with Gasteiger partial charge in [-0.1, -0.05) is 30.3 Å². The Hall–Kier alpha value is -2.95. The normalized spacial score (nSPS) is 16.5. The molecule has 1 atom stereocenters. The van der Waals surface area contributed by atoms with Crippen molar-refractivity contribution in [1.29, 1.82) is 0 Å². The van der Waals surface area contributed by atoms with E-state index in [1.54, 1.807) is 12.4 Å². The zero-order valence-electron chi connectivity index (χ0n) is 14.2. The number of hydrogen-bond acceptors (Lipinski definition) is 3. The topological polar surface area (TPSA) is 51.0 Å². The number of amides is 1. The van der Waals surface area contributed by atoms with Crippen LogP contribution in [-0.2, 0) is 24.8 Å². The lowest BCUT2D eigenvalue weighted by molar-refractivity contribution is -0.131. The van der Waals surface area contributed by atoms with Crippen LogP contribution in [0.15, 0.2) is 61.2 Å². The lowest BCUT2D eigenvalue weighted by atomic mass is 9.86. The molecule has 0 radical (unpaired) electrons. The van der Waals surface area contributed by atoms with Crippen LogP contribution in [0.3, 0.4) is 0 Å². The summed E-state index contributed by atoms with van der Waals surface area (Å²) in [6, 6.07) is 12.2. The molecule has 5 heteroatoms. The summed E-state index contributed by atoms with van der Waals surface area (Å²) in [7, 11) is 1.92. The van der Waals surface area contributed by atoms with E-state index in [0.717, 1.165) is 11.1 Å². The van der Waals surface area contributed by atoms with Gasteiger partial charge >= 0.3 is 0 Å². The number of benzene rings is 1. The predicted molar refractivity (Wildman–Crippen MR) is 94.9 cm³/mol. The van der Waals surface area contributed by atoms with Crippen molar-refractivity contribution in [2.24, 2.45) is 7.05 Å². The average molecular weight is 332 g/mol. The van der Waals surface area contributed by atoms with E-state index in [0.29, 0.717) is 19.5 Å². The number of hydrogen-bond donors (Lipinski definition) is 0. The van der Waals surface area contributed by atoms with E-state index in [-0.39, 0.29) is 11.8 Å². The molecule has 126 valence electrons. The van der Waals surface area contributed by atoms with Gasteiger partial charge in [0.1, 0.15) is 0 Å². The number of aryl methyl sites for hydroxylation is 1. The molecule has 1 aliphatic heterocycles. The zero-order valence-corrected chi connectivity index (χ0v) is 14.2. The summed E-state index contributed by atoms with van der Waals surface area (Å²) in [4.78, 5) is 18.9. The minimum Gasteiger partial charge on any atom is -0.337 e. The first-order chi connectivity index (χ1) is 12.2. The fourth-order valence-electron chi connectivity index (χ4n) is 3.49. The Bertz CT molecular complexity index is 887. The second-order valence-electron chi connectivity index (χ2n) is 6.51. The summed E-state index contributed by atoms with van der Waals surface area (Å²) in [5, 5.41) is 4.31. The fourth-order valence-corrected chi connectivity index (χ4v) is 3.49. The predicted octanol–water partition coefficient (Wildman–Crippen LogP) is 2.53. The highest BCUT2D eigenvalue weighted by Crippen LogP contribution is 2.33. The van der Waals surface area contributed by atoms with Gasteiger partial charge in [0.15, 0.2) is 0 Å². The molecule has 0 bridgehead atoms. The van der Waals surface area contributed by atoms with Crippen molar-refractivity contribution in [3.8, 4) is 0 Å². The third-order valence-corrected chi connectivity index (χ3v) is 4.75. The number of carbonyl (C=O) groups is 1. The molecule has 0 aliphatic carbocycles.